The van der Waals surface area contributed by atoms with Crippen LogP contribution in [0.3, 0.4) is 0 Å². The number of ether oxygens (including phenoxy) is 1. The van der Waals surface area contributed by atoms with Gasteiger partial charge in [-0.2, -0.15) is 0 Å². The number of halogens is 1. The summed E-state index contributed by atoms with van der Waals surface area (Å²) in [4.78, 5) is 6.50. The molecular formula is C18H21FN2OS. The van der Waals surface area contributed by atoms with Crippen LogP contribution >= 0.6 is 11.3 Å². The van der Waals surface area contributed by atoms with Crippen LogP contribution in [-0.4, -0.2) is 48.1 Å². The molecule has 5 heteroatoms. The summed E-state index contributed by atoms with van der Waals surface area (Å²) in [5.74, 6) is 0.408. The van der Waals surface area contributed by atoms with Gasteiger partial charge in [-0.3, -0.25) is 9.80 Å². The van der Waals surface area contributed by atoms with Crippen molar-refractivity contribution in [2.24, 2.45) is 0 Å². The first kappa shape index (κ1) is 15.1. The highest BCUT2D eigenvalue weighted by Gasteiger charge is 2.37. The van der Waals surface area contributed by atoms with E-state index in [4.69, 9.17) is 4.74 Å². The Morgan fingerprint density at radius 1 is 1.17 bits per heavy atom. The summed E-state index contributed by atoms with van der Waals surface area (Å²) >= 11 is 1.83. The number of piperazine rings is 1. The van der Waals surface area contributed by atoms with Crippen LogP contribution in [0.25, 0.3) is 0 Å². The molecule has 0 radical (unpaired) electrons. The van der Waals surface area contributed by atoms with Crippen molar-refractivity contribution >= 4 is 11.3 Å². The molecule has 2 aromatic rings. The van der Waals surface area contributed by atoms with Crippen molar-refractivity contribution in [2.75, 3.05) is 26.2 Å². The fraction of sp³-hybridized carbons (Fsp3) is 0.444. The molecule has 2 saturated heterocycles. The van der Waals surface area contributed by atoms with Gasteiger partial charge in [-0.05, 0) is 23.6 Å². The summed E-state index contributed by atoms with van der Waals surface area (Å²) in [7, 11) is 0. The Morgan fingerprint density at radius 2 is 2.13 bits per heavy atom. The van der Waals surface area contributed by atoms with E-state index in [1.165, 1.54) is 17.0 Å². The lowest BCUT2D eigenvalue weighted by atomic mass is 10.1. The maximum Gasteiger partial charge on any atom is 0.126 e. The predicted octanol–water partition coefficient (Wildman–Crippen LogP) is 3.22. The van der Waals surface area contributed by atoms with Crippen molar-refractivity contribution in [3.8, 4) is 5.75 Å². The van der Waals surface area contributed by atoms with E-state index in [-0.39, 0.29) is 11.9 Å². The molecule has 1 aromatic carbocycles. The first-order chi connectivity index (χ1) is 11.3. The van der Waals surface area contributed by atoms with Gasteiger partial charge in [0.2, 0.25) is 0 Å². The lowest BCUT2D eigenvalue weighted by molar-refractivity contribution is 0.0985. The average molecular weight is 332 g/mol. The molecule has 23 heavy (non-hydrogen) atoms. The molecule has 0 saturated carbocycles. The Bertz CT molecular complexity index is 648. The normalized spacial score (nSPS) is 25.4. The van der Waals surface area contributed by atoms with Crippen LogP contribution < -0.4 is 4.74 Å². The number of hydrogen-bond acceptors (Lipinski definition) is 4. The van der Waals surface area contributed by atoms with Gasteiger partial charge < -0.3 is 4.74 Å². The van der Waals surface area contributed by atoms with E-state index in [9.17, 15) is 4.39 Å². The third kappa shape index (κ3) is 3.57. The Labute approximate surface area is 140 Å². The second-order valence-corrected chi connectivity index (χ2v) is 7.43. The molecule has 2 aliphatic heterocycles. The first-order valence-electron chi connectivity index (χ1n) is 8.17. The molecule has 0 spiro atoms. The van der Waals surface area contributed by atoms with E-state index < -0.39 is 0 Å². The van der Waals surface area contributed by atoms with Crippen molar-refractivity contribution in [3.63, 3.8) is 0 Å². The molecule has 2 aliphatic rings. The number of fused-ring (bicyclic) bond motifs is 1. The van der Waals surface area contributed by atoms with Gasteiger partial charge in [0.25, 0.3) is 0 Å². The van der Waals surface area contributed by atoms with Gasteiger partial charge in [-0.1, -0.05) is 12.1 Å². The maximum absolute atomic E-state index is 13.3. The van der Waals surface area contributed by atoms with Gasteiger partial charge in [0.05, 0.1) is 0 Å². The Kier molecular flexibility index (Phi) is 4.33. The minimum atomic E-state index is -0.236. The van der Waals surface area contributed by atoms with Gasteiger partial charge in [-0.15, -0.1) is 11.3 Å². The monoisotopic (exact) mass is 332 g/mol. The van der Waals surface area contributed by atoms with E-state index in [1.54, 1.807) is 6.07 Å². The Balaban J connectivity index is 1.34. The topological polar surface area (TPSA) is 15.7 Å². The third-order valence-corrected chi connectivity index (χ3v) is 5.58. The summed E-state index contributed by atoms with van der Waals surface area (Å²) in [6.07, 6.45) is 1.20. The van der Waals surface area contributed by atoms with Crippen molar-refractivity contribution in [1.29, 1.82) is 0 Å². The van der Waals surface area contributed by atoms with Crippen molar-refractivity contribution < 1.29 is 9.13 Å². The maximum atomic E-state index is 13.3. The summed E-state index contributed by atoms with van der Waals surface area (Å²) in [5, 5.41) is 2.14. The largest absolute Gasteiger partial charge is 0.489 e. The smallest absolute Gasteiger partial charge is 0.126 e. The summed E-state index contributed by atoms with van der Waals surface area (Å²) < 4.78 is 19.3. The molecular weight excluding hydrogens is 311 g/mol. The highest BCUT2D eigenvalue weighted by atomic mass is 32.1. The molecule has 2 unspecified atom stereocenters. The van der Waals surface area contributed by atoms with E-state index in [2.05, 4.69) is 27.3 Å². The van der Waals surface area contributed by atoms with Crippen LogP contribution in [0.15, 0.2) is 41.8 Å². The lowest BCUT2D eigenvalue weighted by Crippen LogP contribution is -2.49. The van der Waals surface area contributed by atoms with Crippen molar-refractivity contribution in [3.05, 3.63) is 52.5 Å². The molecule has 0 aliphatic carbocycles. The molecule has 1 aromatic heterocycles. The zero-order valence-corrected chi connectivity index (χ0v) is 13.8. The van der Waals surface area contributed by atoms with Crippen LogP contribution in [0, 0.1) is 5.82 Å². The zero-order valence-electron chi connectivity index (χ0n) is 13.0. The van der Waals surface area contributed by atoms with Gasteiger partial charge in [0, 0.05) is 56.1 Å². The SMILES string of the molecule is Fc1cccc(OC2CC3CN(Cc4cccs4)CCN3C2)c1. The number of thiophene rings is 1. The third-order valence-electron chi connectivity index (χ3n) is 4.72. The van der Waals surface area contributed by atoms with E-state index in [0.717, 1.165) is 39.1 Å². The number of rotatable bonds is 4. The summed E-state index contributed by atoms with van der Waals surface area (Å²) in [6.45, 7) is 5.31. The minimum absolute atomic E-state index is 0.170. The molecule has 0 N–H and O–H groups in total. The number of benzene rings is 1. The van der Waals surface area contributed by atoms with E-state index in [0.29, 0.717) is 11.8 Å². The van der Waals surface area contributed by atoms with Gasteiger partial charge >= 0.3 is 0 Å². The van der Waals surface area contributed by atoms with Crippen LogP contribution in [0.5, 0.6) is 5.75 Å². The van der Waals surface area contributed by atoms with E-state index in [1.807, 2.05) is 17.4 Å². The molecule has 2 atom stereocenters. The van der Waals surface area contributed by atoms with Crippen LogP contribution in [0.2, 0.25) is 0 Å². The Morgan fingerprint density at radius 3 is 2.96 bits per heavy atom. The average Bonchev–Trinajstić information content (AvgIpc) is 3.16. The van der Waals surface area contributed by atoms with Crippen LogP contribution in [-0.2, 0) is 6.54 Å². The molecule has 122 valence electrons. The quantitative estimate of drug-likeness (QED) is 0.855. The molecule has 2 fully saturated rings. The molecule has 3 heterocycles. The second kappa shape index (κ2) is 6.59. The van der Waals surface area contributed by atoms with Crippen molar-refractivity contribution in [1.82, 2.24) is 9.80 Å². The highest BCUT2D eigenvalue weighted by molar-refractivity contribution is 7.09. The first-order valence-corrected chi connectivity index (χ1v) is 9.05. The van der Waals surface area contributed by atoms with Gasteiger partial charge in [0.15, 0.2) is 0 Å². The highest BCUT2D eigenvalue weighted by Crippen LogP contribution is 2.27. The minimum Gasteiger partial charge on any atom is -0.489 e. The van der Waals surface area contributed by atoms with Gasteiger partial charge in [-0.25, -0.2) is 4.39 Å². The van der Waals surface area contributed by atoms with Gasteiger partial charge in [0.1, 0.15) is 17.7 Å². The predicted molar refractivity (Wildman–Crippen MR) is 90.4 cm³/mol. The molecule has 4 rings (SSSR count). The molecule has 3 nitrogen and oxygen atoms in total. The fourth-order valence-corrected chi connectivity index (χ4v) is 4.39. The summed E-state index contributed by atoms with van der Waals surface area (Å²) in [6, 6.07) is 11.4. The summed E-state index contributed by atoms with van der Waals surface area (Å²) in [5.41, 5.74) is 0. The lowest BCUT2D eigenvalue weighted by Gasteiger charge is -2.36. The standard InChI is InChI=1S/C18H21FN2OS/c19-14-3-1-4-16(9-14)22-17-10-15-11-20(6-7-21(15)12-17)13-18-5-2-8-23-18/h1-5,8-9,15,17H,6-7,10-13H2. The zero-order chi connectivity index (χ0) is 15.6. The molecule has 0 amide bonds. The Hall–Kier alpha value is -1.43. The van der Waals surface area contributed by atoms with Crippen LogP contribution in [0.4, 0.5) is 4.39 Å². The number of hydrogen-bond donors (Lipinski definition) is 0. The molecule has 0 bridgehead atoms. The second-order valence-electron chi connectivity index (χ2n) is 6.40. The van der Waals surface area contributed by atoms with E-state index >= 15 is 0 Å². The van der Waals surface area contributed by atoms with Crippen molar-refractivity contribution in [2.45, 2.75) is 25.1 Å². The fourth-order valence-electron chi connectivity index (χ4n) is 3.65. The van der Waals surface area contributed by atoms with Crippen LogP contribution in [0.1, 0.15) is 11.3 Å². The number of nitrogens with zero attached hydrogens (tertiary/aromatic N) is 2.